The van der Waals surface area contributed by atoms with Gasteiger partial charge in [0.25, 0.3) is 0 Å². The van der Waals surface area contributed by atoms with Crippen LogP contribution in [0.2, 0.25) is 0 Å². The molecule has 1 N–H and O–H groups in total. The maximum absolute atomic E-state index is 6.23. The number of nitrogens with zero attached hydrogens (tertiary/aromatic N) is 4. The molecule has 36 heavy (non-hydrogen) atoms. The lowest BCUT2D eigenvalue weighted by Crippen LogP contribution is -2.04. The summed E-state index contributed by atoms with van der Waals surface area (Å²) in [6.45, 7) is 6.12. The van der Waals surface area contributed by atoms with E-state index in [1.807, 2.05) is 37.3 Å². The van der Waals surface area contributed by atoms with Gasteiger partial charge in [-0.15, -0.1) is 0 Å². The van der Waals surface area contributed by atoms with Crippen molar-refractivity contribution in [2.24, 2.45) is 0 Å². The van der Waals surface area contributed by atoms with Crippen LogP contribution in [0.3, 0.4) is 0 Å². The van der Waals surface area contributed by atoms with Crippen molar-refractivity contribution in [1.82, 2.24) is 24.9 Å². The van der Waals surface area contributed by atoms with E-state index in [2.05, 4.69) is 56.2 Å². The fraction of sp³-hybridized carbons (Fsp3) is 0.321. The molecule has 0 saturated carbocycles. The molecular weight excluding hydrogens is 454 g/mol. The van der Waals surface area contributed by atoms with Crippen molar-refractivity contribution in [2.75, 3.05) is 13.2 Å². The van der Waals surface area contributed by atoms with Gasteiger partial charge in [0.05, 0.1) is 19.8 Å². The van der Waals surface area contributed by atoms with Gasteiger partial charge in [0.1, 0.15) is 29.3 Å². The summed E-state index contributed by atoms with van der Waals surface area (Å²) >= 11 is 0. The van der Waals surface area contributed by atoms with Crippen LogP contribution in [0.25, 0.3) is 22.3 Å². The molecule has 3 aromatic heterocycles. The summed E-state index contributed by atoms with van der Waals surface area (Å²) in [5.41, 5.74) is 4.37. The SMILES string of the molecule is CCCc1c(OCCCCOc2ccc(-c3ncn[nH]3)cc2)ccc2c1ccn2Cc1cc(C)on1. The Hall–Kier alpha value is -4.07. The lowest BCUT2D eigenvalue weighted by atomic mass is 10.0. The molecule has 0 atom stereocenters. The highest BCUT2D eigenvalue weighted by Gasteiger charge is 2.13. The summed E-state index contributed by atoms with van der Waals surface area (Å²) in [6.07, 6.45) is 7.50. The molecule has 186 valence electrons. The van der Waals surface area contributed by atoms with Crippen molar-refractivity contribution in [3.8, 4) is 22.9 Å². The smallest absolute Gasteiger partial charge is 0.155 e. The Morgan fingerprint density at radius 3 is 2.56 bits per heavy atom. The summed E-state index contributed by atoms with van der Waals surface area (Å²) in [5, 5.41) is 12.1. The highest BCUT2D eigenvalue weighted by atomic mass is 16.5. The molecule has 0 radical (unpaired) electrons. The van der Waals surface area contributed by atoms with Crippen molar-refractivity contribution in [3.63, 3.8) is 0 Å². The topological polar surface area (TPSA) is 91.0 Å². The van der Waals surface area contributed by atoms with E-state index in [-0.39, 0.29) is 0 Å². The number of rotatable bonds is 12. The predicted molar refractivity (Wildman–Crippen MR) is 138 cm³/mol. The minimum atomic E-state index is 0.649. The molecule has 0 spiro atoms. The molecule has 0 aliphatic carbocycles. The van der Waals surface area contributed by atoms with Crippen molar-refractivity contribution in [3.05, 3.63) is 78.1 Å². The third kappa shape index (κ3) is 5.43. The Morgan fingerprint density at radius 2 is 1.83 bits per heavy atom. The quantitative estimate of drug-likeness (QED) is 0.219. The van der Waals surface area contributed by atoms with E-state index in [1.54, 1.807) is 0 Å². The zero-order valence-electron chi connectivity index (χ0n) is 20.7. The number of benzene rings is 2. The average molecular weight is 486 g/mol. The first-order chi connectivity index (χ1) is 17.7. The number of H-pyrrole nitrogens is 1. The molecule has 5 rings (SSSR count). The van der Waals surface area contributed by atoms with E-state index in [0.29, 0.717) is 19.8 Å². The summed E-state index contributed by atoms with van der Waals surface area (Å²) in [7, 11) is 0. The van der Waals surface area contributed by atoms with Crippen LogP contribution >= 0.6 is 0 Å². The van der Waals surface area contributed by atoms with E-state index in [0.717, 1.165) is 60.0 Å². The van der Waals surface area contributed by atoms with E-state index in [9.17, 15) is 0 Å². The highest BCUT2D eigenvalue weighted by molar-refractivity contribution is 5.86. The summed E-state index contributed by atoms with van der Waals surface area (Å²) in [6, 6.07) is 16.3. The first-order valence-electron chi connectivity index (χ1n) is 12.5. The number of aryl methyl sites for hydroxylation is 2. The van der Waals surface area contributed by atoms with Gasteiger partial charge in [-0.2, -0.15) is 5.10 Å². The fourth-order valence-corrected chi connectivity index (χ4v) is 4.39. The van der Waals surface area contributed by atoms with Crippen molar-refractivity contribution in [2.45, 2.75) is 46.1 Å². The number of unbranched alkanes of at least 4 members (excludes halogenated alkanes) is 1. The normalized spacial score (nSPS) is 11.3. The summed E-state index contributed by atoms with van der Waals surface area (Å²) in [5.74, 6) is 3.40. The molecule has 0 saturated heterocycles. The van der Waals surface area contributed by atoms with Crippen molar-refractivity contribution in [1.29, 1.82) is 0 Å². The Bertz CT molecular complexity index is 1390. The van der Waals surface area contributed by atoms with Crippen LogP contribution in [-0.2, 0) is 13.0 Å². The second-order valence-corrected chi connectivity index (χ2v) is 8.86. The monoisotopic (exact) mass is 485 g/mol. The molecule has 0 bridgehead atoms. The molecule has 0 aliphatic rings. The van der Waals surface area contributed by atoms with Crippen LogP contribution in [0.4, 0.5) is 0 Å². The zero-order valence-corrected chi connectivity index (χ0v) is 20.7. The van der Waals surface area contributed by atoms with Crippen LogP contribution in [0.1, 0.15) is 43.2 Å². The Kier molecular flexibility index (Phi) is 7.30. The van der Waals surface area contributed by atoms with Crippen LogP contribution in [0, 0.1) is 6.92 Å². The summed E-state index contributed by atoms with van der Waals surface area (Å²) in [4.78, 5) is 4.16. The van der Waals surface area contributed by atoms with Gasteiger partial charge >= 0.3 is 0 Å². The fourth-order valence-electron chi connectivity index (χ4n) is 4.39. The summed E-state index contributed by atoms with van der Waals surface area (Å²) < 4.78 is 19.6. The molecule has 0 amide bonds. The van der Waals surface area contributed by atoms with Gasteiger partial charge in [0.15, 0.2) is 5.82 Å². The molecule has 3 heterocycles. The molecule has 0 unspecified atom stereocenters. The standard InChI is InChI=1S/C28H31N5O3/c1-3-6-25-24-13-14-33(18-22-17-20(2)36-32-22)26(24)11-12-27(25)35-16-5-4-15-34-23-9-7-21(8-10-23)28-29-19-30-31-28/h7-14,17,19H,3-6,15-16,18H2,1-2H3,(H,29,30,31). The molecule has 5 aromatic rings. The third-order valence-electron chi connectivity index (χ3n) is 6.14. The molecule has 0 fully saturated rings. The largest absolute Gasteiger partial charge is 0.494 e. The molecule has 8 nitrogen and oxygen atoms in total. The van der Waals surface area contributed by atoms with E-state index < -0.39 is 0 Å². The average Bonchev–Trinajstić information content (AvgIpc) is 3.65. The van der Waals surface area contributed by atoms with Crippen LogP contribution in [-0.4, -0.2) is 38.1 Å². The van der Waals surface area contributed by atoms with Crippen LogP contribution in [0.15, 0.2) is 65.6 Å². The van der Waals surface area contributed by atoms with Gasteiger partial charge < -0.3 is 18.6 Å². The lowest BCUT2D eigenvalue weighted by molar-refractivity contribution is 0.265. The Morgan fingerprint density at radius 1 is 1.00 bits per heavy atom. The predicted octanol–water partition coefficient (Wildman–Crippen LogP) is 5.96. The second-order valence-electron chi connectivity index (χ2n) is 8.86. The number of hydrogen-bond acceptors (Lipinski definition) is 6. The number of aromatic nitrogens is 5. The number of nitrogens with one attached hydrogen (secondary N) is 1. The molecule has 8 heteroatoms. The van der Waals surface area contributed by atoms with Crippen LogP contribution < -0.4 is 9.47 Å². The maximum atomic E-state index is 6.23. The van der Waals surface area contributed by atoms with E-state index in [4.69, 9.17) is 14.0 Å². The van der Waals surface area contributed by atoms with E-state index >= 15 is 0 Å². The maximum Gasteiger partial charge on any atom is 0.155 e. The van der Waals surface area contributed by atoms with Gasteiger partial charge in [0, 0.05) is 34.3 Å². The molecule has 0 aliphatic heterocycles. The van der Waals surface area contributed by atoms with Crippen molar-refractivity contribution < 1.29 is 14.0 Å². The minimum absolute atomic E-state index is 0.649. The number of hydrogen-bond donors (Lipinski definition) is 1. The Balaban J connectivity index is 1.13. The first kappa shape index (κ1) is 23.7. The third-order valence-corrected chi connectivity index (χ3v) is 6.14. The lowest BCUT2D eigenvalue weighted by Gasteiger charge is -2.13. The van der Waals surface area contributed by atoms with Gasteiger partial charge in [0.2, 0.25) is 0 Å². The number of fused-ring (bicyclic) bond motifs is 1. The second kappa shape index (κ2) is 11.1. The minimum Gasteiger partial charge on any atom is -0.494 e. The van der Waals surface area contributed by atoms with Gasteiger partial charge in [-0.25, -0.2) is 4.98 Å². The van der Waals surface area contributed by atoms with Crippen molar-refractivity contribution >= 4 is 10.9 Å². The number of aromatic amines is 1. The van der Waals surface area contributed by atoms with Gasteiger partial charge in [-0.1, -0.05) is 18.5 Å². The Labute approximate surface area is 210 Å². The van der Waals surface area contributed by atoms with Crippen LogP contribution in [0.5, 0.6) is 11.5 Å². The molecular formula is C28H31N5O3. The molecule has 2 aromatic carbocycles. The van der Waals surface area contributed by atoms with Gasteiger partial charge in [-0.3, -0.25) is 5.10 Å². The first-order valence-corrected chi connectivity index (χ1v) is 12.5. The van der Waals surface area contributed by atoms with Gasteiger partial charge in [-0.05, 0) is 68.7 Å². The van der Waals surface area contributed by atoms with E-state index in [1.165, 1.54) is 22.8 Å². The number of ether oxygens (including phenoxy) is 2. The zero-order chi connectivity index (χ0) is 24.7. The highest BCUT2D eigenvalue weighted by Crippen LogP contribution is 2.31.